The van der Waals surface area contributed by atoms with Crippen LogP contribution in [0.15, 0.2) is 0 Å². The van der Waals surface area contributed by atoms with Gasteiger partial charge in [-0.2, -0.15) is 0 Å². The van der Waals surface area contributed by atoms with Gasteiger partial charge in [0.25, 0.3) is 0 Å². The summed E-state index contributed by atoms with van der Waals surface area (Å²) in [6.07, 6.45) is 0.419. The summed E-state index contributed by atoms with van der Waals surface area (Å²) >= 11 is 0. The minimum atomic E-state index is -3.12. The largest absolute Gasteiger partial charge is 0.300 e. The second kappa shape index (κ2) is 2.07. The molecule has 52 valence electrons. The number of carbonyl (C=O) groups is 1. The average Bonchev–Trinajstić information content (AvgIpc) is 2.08. The van der Waals surface area contributed by atoms with Crippen LogP contribution in [0.4, 0.5) is 0 Å². The first-order valence-corrected chi connectivity index (χ1v) is 4.28. The van der Waals surface area contributed by atoms with Crippen LogP contribution in [-0.4, -0.2) is 32.4 Å². The molecule has 1 aliphatic rings. The van der Waals surface area contributed by atoms with Crippen LogP contribution in [0.3, 0.4) is 0 Å². The zero-order valence-electron chi connectivity index (χ0n) is 4.70. The molecule has 5 heteroatoms. The molecule has 0 aromatic rings. The summed E-state index contributed by atoms with van der Waals surface area (Å²) in [7, 11) is -3.12. The SMILES string of the molecule is O=CC1NCCS1(=O)=O. The minimum Gasteiger partial charge on any atom is -0.300 e. The number of carbonyl (C=O) groups excluding carboxylic acids is 1. The van der Waals surface area contributed by atoms with E-state index in [0.29, 0.717) is 12.8 Å². The second-order valence-electron chi connectivity index (χ2n) is 1.88. The molecule has 1 unspecified atom stereocenters. The fraction of sp³-hybridized carbons (Fsp3) is 0.750. The minimum absolute atomic E-state index is 0.0798. The summed E-state index contributed by atoms with van der Waals surface area (Å²) < 4.78 is 21.4. The van der Waals surface area contributed by atoms with Gasteiger partial charge in [-0.1, -0.05) is 0 Å². The molecule has 1 aliphatic heterocycles. The normalized spacial score (nSPS) is 32.2. The zero-order chi connectivity index (χ0) is 6.91. The van der Waals surface area contributed by atoms with Crippen molar-refractivity contribution >= 4 is 16.1 Å². The molecule has 0 saturated carbocycles. The van der Waals surface area contributed by atoms with Gasteiger partial charge < -0.3 is 4.79 Å². The first kappa shape index (κ1) is 6.70. The van der Waals surface area contributed by atoms with Crippen LogP contribution in [0.5, 0.6) is 0 Å². The number of nitrogens with one attached hydrogen (secondary N) is 1. The molecule has 0 aromatic carbocycles. The monoisotopic (exact) mass is 149 g/mol. The Balaban J connectivity index is 2.87. The van der Waals surface area contributed by atoms with E-state index in [9.17, 15) is 13.2 Å². The molecule has 0 bridgehead atoms. The molecule has 1 saturated heterocycles. The lowest BCUT2D eigenvalue weighted by molar-refractivity contribution is -0.107. The highest BCUT2D eigenvalue weighted by Crippen LogP contribution is 2.01. The maximum absolute atomic E-state index is 10.7. The number of rotatable bonds is 1. The molecule has 1 atom stereocenters. The average molecular weight is 149 g/mol. The van der Waals surface area contributed by atoms with Gasteiger partial charge in [0.05, 0.1) is 5.75 Å². The summed E-state index contributed by atoms with van der Waals surface area (Å²) in [5.74, 6) is 0.0798. The Morgan fingerprint density at radius 2 is 2.22 bits per heavy atom. The number of hydrogen-bond acceptors (Lipinski definition) is 4. The van der Waals surface area contributed by atoms with Crippen molar-refractivity contribution in [2.75, 3.05) is 12.3 Å². The van der Waals surface area contributed by atoms with Gasteiger partial charge in [0.1, 0.15) is 0 Å². The van der Waals surface area contributed by atoms with E-state index in [0.717, 1.165) is 0 Å². The zero-order valence-corrected chi connectivity index (χ0v) is 5.52. The molecule has 0 amide bonds. The van der Waals surface area contributed by atoms with E-state index < -0.39 is 15.2 Å². The van der Waals surface area contributed by atoms with Crippen molar-refractivity contribution in [3.63, 3.8) is 0 Å². The molecular weight excluding hydrogens is 142 g/mol. The molecule has 1 fully saturated rings. The van der Waals surface area contributed by atoms with Crippen molar-refractivity contribution < 1.29 is 13.2 Å². The second-order valence-corrected chi connectivity index (χ2v) is 4.12. The Hall–Kier alpha value is -0.420. The maximum Gasteiger partial charge on any atom is 0.174 e. The highest BCUT2D eigenvalue weighted by Gasteiger charge is 2.29. The van der Waals surface area contributed by atoms with Gasteiger partial charge in [-0.15, -0.1) is 0 Å². The standard InChI is InChI=1S/C4H7NO3S/c6-3-4-5-1-2-9(4,7)8/h3-5H,1-2H2. The van der Waals surface area contributed by atoms with Gasteiger partial charge in [-0.25, -0.2) is 8.42 Å². The van der Waals surface area contributed by atoms with Crippen LogP contribution in [-0.2, 0) is 14.6 Å². The number of aldehydes is 1. The van der Waals surface area contributed by atoms with Crippen molar-refractivity contribution in [1.29, 1.82) is 0 Å². The predicted molar refractivity (Wildman–Crippen MR) is 31.6 cm³/mol. The molecule has 0 aromatic heterocycles. The molecule has 4 nitrogen and oxygen atoms in total. The van der Waals surface area contributed by atoms with E-state index in [1.54, 1.807) is 0 Å². The topological polar surface area (TPSA) is 63.2 Å². The third kappa shape index (κ3) is 1.11. The Bertz CT molecular complexity index is 208. The van der Waals surface area contributed by atoms with Crippen LogP contribution in [0.2, 0.25) is 0 Å². The summed E-state index contributed by atoms with van der Waals surface area (Å²) in [6.45, 7) is 0.395. The smallest absolute Gasteiger partial charge is 0.174 e. The Labute approximate surface area is 53.2 Å². The molecule has 1 heterocycles. The van der Waals surface area contributed by atoms with Crippen molar-refractivity contribution in [2.45, 2.75) is 5.37 Å². The number of hydrogen-bond donors (Lipinski definition) is 1. The lowest BCUT2D eigenvalue weighted by Gasteiger charge is -1.96. The Morgan fingerprint density at radius 1 is 1.56 bits per heavy atom. The molecular formula is C4H7NO3S. The summed E-state index contributed by atoms with van der Waals surface area (Å²) in [6, 6.07) is 0. The van der Waals surface area contributed by atoms with Crippen LogP contribution >= 0.6 is 0 Å². The summed E-state index contributed by atoms with van der Waals surface area (Å²) in [5, 5.41) is 1.59. The van der Waals surface area contributed by atoms with E-state index >= 15 is 0 Å². The lowest BCUT2D eigenvalue weighted by Crippen LogP contribution is -2.28. The fourth-order valence-corrected chi connectivity index (χ4v) is 1.93. The van der Waals surface area contributed by atoms with Gasteiger partial charge in [0.15, 0.2) is 21.5 Å². The van der Waals surface area contributed by atoms with Crippen molar-refractivity contribution in [3.8, 4) is 0 Å². The molecule has 0 aliphatic carbocycles. The van der Waals surface area contributed by atoms with Gasteiger partial charge in [0, 0.05) is 6.54 Å². The summed E-state index contributed by atoms with van der Waals surface area (Å²) in [4.78, 5) is 9.98. The predicted octanol–water partition coefficient (Wildman–Crippen LogP) is -1.47. The highest BCUT2D eigenvalue weighted by molar-refractivity contribution is 7.92. The quantitative estimate of drug-likeness (QED) is 0.462. The van der Waals surface area contributed by atoms with Crippen molar-refractivity contribution in [3.05, 3.63) is 0 Å². The number of sulfone groups is 1. The van der Waals surface area contributed by atoms with E-state index in [4.69, 9.17) is 0 Å². The van der Waals surface area contributed by atoms with E-state index in [1.807, 2.05) is 0 Å². The van der Waals surface area contributed by atoms with Crippen molar-refractivity contribution in [1.82, 2.24) is 5.32 Å². The van der Waals surface area contributed by atoms with Gasteiger partial charge in [-0.3, -0.25) is 5.32 Å². The lowest BCUT2D eigenvalue weighted by atomic mass is 10.6. The molecule has 1 rings (SSSR count). The maximum atomic E-state index is 10.7. The van der Waals surface area contributed by atoms with Crippen LogP contribution < -0.4 is 5.32 Å². The first-order chi connectivity index (χ1) is 4.17. The molecule has 1 N–H and O–H groups in total. The van der Waals surface area contributed by atoms with E-state index in [-0.39, 0.29) is 5.75 Å². The molecule has 0 spiro atoms. The van der Waals surface area contributed by atoms with Gasteiger partial charge in [-0.05, 0) is 0 Å². The third-order valence-corrected chi connectivity index (χ3v) is 3.07. The Morgan fingerprint density at radius 3 is 2.44 bits per heavy atom. The Kier molecular flexibility index (Phi) is 1.54. The van der Waals surface area contributed by atoms with Gasteiger partial charge in [0.2, 0.25) is 0 Å². The third-order valence-electron chi connectivity index (χ3n) is 1.24. The highest BCUT2D eigenvalue weighted by atomic mass is 32.2. The van der Waals surface area contributed by atoms with Crippen LogP contribution in [0.25, 0.3) is 0 Å². The van der Waals surface area contributed by atoms with Crippen LogP contribution in [0.1, 0.15) is 0 Å². The van der Waals surface area contributed by atoms with E-state index in [1.165, 1.54) is 0 Å². The van der Waals surface area contributed by atoms with Crippen LogP contribution in [0, 0.1) is 0 Å². The fourth-order valence-electron chi connectivity index (χ4n) is 0.730. The first-order valence-electron chi connectivity index (χ1n) is 2.57. The van der Waals surface area contributed by atoms with E-state index in [2.05, 4.69) is 5.32 Å². The molecule has 9 heavy (non-hydrogen) atoms. The van der Waals surface area contributed by atoms with Gasteiger partial charge >= 0.3 is 0 Å². The van der Waals surface area contributed by atoms with Crippen molar-refractivity contribution in [2.24, 2.45) is 0 Å². The summed E-state index contributed by atoms with van der Waals surface area (Å²) in [5.41, 5.74) is 0. The molecule has 0 radical (unpaired) electrons.